The smallest absolute Gasteiger partial charge is 0.312 e. The Morgan fingerprint density at radius 1 is 1.44 bits per heavy atom. The average Bonchev–Trinajstić information content (AvgIpc) is 2.68. The number of hydrogen-bond donors (Lipinski definition) is 0. The number of hydrogen-bond acceptors (Lipinski definition) is 4. The lowest BCUT2D eigenvalue weighted by Crippen LogP contribution is -2.08. The van der Waals surface area contributed by atoms with Crippen LogP contribution in [0.4, 0.5) is 0 Å². The van der Waals surface area contributed by atoms with Gasteiger partial charge < -0.3 is 4.74 Å². The van der Waals surface area contributed by atoms with Gasteiger partial charge in [0.1, 0.15) is 5.01 Å². The number of carbonyl (C=O) groups is 1. The van der Waals surface area contributed by atoms with Gasteiger partial charge in [0.05, 0.1) is 23.2 Å². The van der Waals surface area contributed by atoms with Crippen molar-refractivity contribution in [1.82, 2.24) is 4.98 Å². The fourth-order valence-electron chi connectivity index (χ4n) is 1.39. The van der Waals surface area contributed by atoms with Gasteiger partial charge in [0, 0.05) is 0 Å². The third-order valence-corrected chi connectivity index (χ3v) is 3.14. The Bertz CT molecular complexity index is 459. The molecule has 0 spiro atoms. The van der Waals surface area contributed by atoms with Crippen LogP contribution in [0.15, 0.2) is 24.3 Å². The fourth-order valence-corrected chi connectivity index (χ4v) is 2.34. The Morgan fingerprint density at radius 2 is 2.25 bits per heavy atom. The van der Waals surface area contributed by atoms with Crippen LogP contribution >= 0.6 is 11.3 Å². The van der Waals surface area contributed by atoms with E-state index >= 15 is 0 Å². The van der Waals surface area contributed by atoms with E-state index in [1.54, 1.807) is 11.3 Å². The predicted molar refractivity (Wildman–Crippen MR) is 64.6 cm³/mol. The molecule has 84 valence electrons. The molecule has 0 fully saturated rings. The van der Waals surface area contributed by atoms with Gasteiger partial charge in [-0.25, -0.2) is 4.98 Å². The lowest BCUT2D eigenvalue weighted by Gasteiger charge is -1.99. The number of nitrogens with zero attached hydrogens (tertiary/aromatic N) is 1. The predicted octanol–water partition coefficient (Wildman–Crippen LogP) is 2.79. The molecule has 3 nitrogen and oxygen atoms in total. The van der Waals surface area contributed by atoms with Crippen molar-refractivity contribution in [2.75, 3.05) is 6.61 Å². The molecule has 0 radical (unpaired) electrons. The highest BCUT2D eigenvalue weighted by atomic mass is 32.1. The largest absolute Gasteiger partial charge is 0.465 e. The number of esters is 1. The first-order chi connectivity index (χ1) is 7.79. The molecule has 2 rings (SSSR count). The van der Waals surface area contributed by atoms with Gasteiger partial charge in [0.15, 0.2) is 0 Å². The molecule has 0 saturated carbocycles. The molecule has 1 heterocycles. The summed E-state index contributed by atoms with van der Waals surface area (Å²) in [4.78, 5) is 15.8. The molecular formula is C12H13NO2S. The molecule has 0 N–H and O–H groups in total. The minimum atomic E-state index is -0.194. The van der Waals surface area contributed by atoms with Gasteiger partial charge in [-0.2, -0.15) is 0 Å². The number of aromatic nitrogens is 1. The Labute approximate surface area is 98.1 Å². The monoisotopic (exact) mass is 235 g/mol. The molecule has 0 atom stereocenters. The summed E-state index contributed by atoms with van der Waals surface area (Å²) < 4.78 is 6.13. The topological polar surface area (TPSA) is 39.2 Å². The van der Waals surface area contributed by atoms with Gasteiger partial charge in [0.25, 0.3) is 0 Å². The maximum absolute atomic E-state index is 11.4. The van der Waals surface area contributed by atoms with Crippen molar-refractivity contribution >= 4 is 27.5 Å². The average molecular weight is 235 g/mol. The summed E-state index contributed by atoms with van der Waals surface area (Å²) in [6.45, 7) is 2.47. The van der Waals surface area contributed by atoms with Crippen LogP contribution < -0.4 is 0 Å². The van der Waals surface area contributed by atoms with Crippen molar-refractivity contribution in [2.45, 2.75) is 19.8 Å². The van der Waals surface area contributed by atoms with E-state index in [4.69, 9.17) is 4.74 Å². The zero-order valence-electron chi connectivity index (χ0n) is 9.10. The normalized spacial score (nSPS) is 10.6. The summed E-state index contributed by atoms with van der Waals surface area (Å²) in [5.41, 5.74) is 0.950. The minimum absolute atomic E-state index is 0.194. The molecule has 0 bridgehead atoms. The van der Waals surface area contributed by atoms with Gasteiger partial charge in [-0.15, -0.1) is 11.3 Å². The van der Waals surface area contributed by atoms with Crippen LogP contribution in [0.1, 0.15) is 18.4 Å². The third kappa shape index (κ3) is 2.58. The molecule has 2 aromatic rings. The summed E-state index contributed by atoms with van der Waals surface area (Å²) >= 11 is 1.55. The molecule has 4 heteroatoms. The second-order valence-corrected chi connectivity index (χ2v) is 4.59. The van der Waals surface area contributed by atoms with Gasteiger partial charge in [-0.3, -0.25) is 4.79 Å². The van der Waals surface area contributed by atoms with Crippen molar-refractivity contribution in [3.63, 3.8) is 0 Å². The number of para-hydroxylation sites is 1. The second-order valence-electron chi connectivity index (χ2n) is 3.47. The number of fused-ring (bicyclic) bond motifs is 1. The zero-order chi connectivity index (χ0) is 11.4. The van der Waals surface area contributed by atoms with Gasteiger partial charge in [-0.1, -0.05) is 19.1 Å². The van der Waals surface area contributed by atoms with Crippen LogP contribution in [0.3, 0.4) is 0 Å². The van der Waals surface area contributed by atoms with E-state index < -0.39 is 0 Å². The number of benzene rings is 1. The van der Waals surface area contributed by atoms with Crippen molar-refractivity contribution in [1.29, 1.82) is 0 Å². The molecule has 1 aromatic heterocycles. The standard InChI is InChI=1S/C12H13NO2S/c1-2-7-15-12(14)8-11-13-9-5-3-4-6-10(9)16-11/h3-6H,2,7-8H2,1H3. The summed E-state index contributed by atoms with van der Waals surface area (Å²) in [6, 6.07) is 7.88. The van der Waals surface area contributed by atoms with Crippen LogP contribution in [-0.2, 0) is 16.0 Å². The highest BCUT2D eigenvalue weighted by molar-refractivity contribution is 7.18. The summed E-state index contributed by atoms with van der Waals surface area (Å²) in [5.74, 6) is -0.194. The van der Waals surface area contributed by atoms with E-state index in [0.29, 0.717) is 6.61 Å². The maximum Gasteiger partial charge on any atom is 0.312 e. The van der Waals surface area contributed by atoms with E-state index in [1.807, 2.05) is 31.2 Å². The molecule has 1 aromatic carbocycles. The van der Waals surface area contributed by atoms with E-state index in [0.717, 1.165) is 21.6 Å². The molecule has 0 saturated heterocycles. The van der Waals surface area contributed by atoms with Crippen LogP contribution in [0.5, 0.6) is 0 Å². The highest BCUT2D eigenvalue weighted by Crippen LogP contribution is 2.21. The molecule has 0 amide bonds. The Balaban J connectivity index is 2.07. The Morgan fingerprint density at radius 3 is 3.00 bits per heavy atom. The van der Waals surface area contributed by atoms with Crippen LogP contribution in [0, 0.1) is 0 Å². The van der Waals surface area contributed by atoms with Crippen LogP contribution in [-0.4, -0.2) is 17.6 Å². The van der Waals surface area contributed by atoms with Gasteiger partial charge in [-0.05, 0) is 18.6 Å². The lowest BCUT2D eigenvalue weighted by molar-refractivity contribution is -0.142. The zero-order valence-corrected chi connectivity index (χ0v) is 9.92. The molecule has 0 aliphatic heterocycles. The first-order valence-electron chi connectivity index (χ1n) is 5.29. The Hall–Kier alpha value is -1.42. The van der Waals surface area contributed by atoms with Crippen LogP contribution in [0.25, 0.3) is 10.2 Å². The second kappa shape index (κ2) is 5.07. The highest BCUT2D eigenvalue weighted by Gasteiger charge is 2.09. The number of rotatable bonds is 4. The minimum Gasteiger partial charge on any atom is -0.465 e. The summed E-state index contributed by atoms with van der Waals surface area (Å²) in [7, 11) is 0. The lowest BCUT2D eigenvalue weighted by atomic mass is 10.3. The third-order valence-electron chi connectivity index (χ3n) is 2.10. The van der Waals surface area contributed by atoms with Crippen molar-refractivity contribution in [2.24, 2.45) is 0 Å². The summed E-state index contributed by atoms with van der Waals surface area (Å²) in [5, 5.41) is 0.822. The van der Waals surface area contributed by atoms with E-state index in [-0.39, 0.29) is 12.4 Å². The Kier molecular flexibility index (Phi) is 3.51. The van der Waals surface area contributed by atoms with Crippen molar-refractivity contribution in [3.05, 3.63) is 29.3 Å². The molecule has 0 unspecified atom stereocenters. The number of ether oxygens (including phenoxy) is 1. The van der Waals surface area contributed by atoms with Gasteiger partial charge in [0.2, 0.25) is 0 Å². The van der Waals surface area contributed by atoms with Crippen LogP contribution in [0.2, 0.25) is 0 Å². The fraction of sp³-hybridized carbons (Fsp3) is 0.333. The van der Waals surface area contributed by atoms with E-state index in [1.165, 1.54) is 0 Å². The molecular weight excluding hydrogens is 222 g/mol. The molecule has 16 heavy (non-hydrogen) atoms. The van der Waals surface area contributed by atoms with Crippen molar-refractivity contribution in [3.8, 4) is 0 Å². The SMILES string of the molecule is CCCOC(=O)Cc1nc2ccccc2s1. The van der Waals surface area contributed by atoms with E-state index in [2.05, 4.69) is 4.98 Å². The first kappa shape index (κ1) is 11.1. The van der Waals surface area contributed by atoms with E-state index in [9.17, 15) is 4.79 Å². The summed E-state index contributed by atoms with van der Waals surface area (Å²) in [6.07, 6.45) is 1.13. The molecule has 0 aliphatic carbocycles. The first-order valence-corrected chi connectivity index (χ1v) is 6.11. The van der Waals surface area contributed by atoms with Crippen molar-refractivity contribution < 1.29 is 9.53 Å². The maximum atomic E-state index is 11.4. The quantitative estimate of drug-likeness (QED) is 0.765. The number of carbonyl (C=O) groups excluding carboxylic acids is 1. The number of thiazole rings is 1. The molecule has 0 aliphatic rings. The van der Waals surface area contributed by atoms with Gasteiger partial charge >= 0.3 is 5.97 Å².